The maximum absolute atomic E-state index is 12.9. The van der Waals surface area contributed by atoms with Crippen molar-refractivity contribution in [1.82, 2.24) is 0 Å². The lowest BCUT2D eigenvalue weighted by Crippen LogP contribution is -2.12. The SMILES string of the molecule is Cc1ccc(C(=O)C(C#N)c2ccc(F)cc2)c(Cl)c1. The highest BCUT2D eigenvalue weighted by Gasteiger charge is 2.23. The summed E-state index contributed by atoms with van der Waals surface area (Å²) in [5.74, 6) is -1.79. The lowest BCUT2D eigenvalue weighted by Gasteiger charge is -2.10. The predicted molar refractivity (Wildman–Crippen MR) is 75.3 cm³/mol. The quantitative estimate of drug-likeness (QED) is 0.791. The molecular formula is C16H11ClFNO. The molecule has 0 heterocycles. The van der Waals surface area contributed by atoms with Gasteiger partial charge in [0.25, 0.3) is 0 Å². The fourth-order valence-electron chi connectivity index (χ4n) is 1.92. The van der Waals surface area contributed by atoms with E-state index in [1.807, 2.05) is 13.0 Å². The van der Waals surface area contributed by atoms with E-state index in [9.17, 15) is 14.4 Å². The van der Waals surface area contributed by atoms with Gasteiger partial charge in [0.15, 0.2) is 5.78 Å². The molecule has 2 nitrogen and oxygen atoms in total. The highest BCUT2D eigenvalue weighted by atomic mass is 35.5. The van der Waals surface area contributed by atoms with Crippen LogP contribution < -0.4 is 0 Å². The third-order valence-electron chi connectivity index (χ3n) is 2.98. The van der Waals surface area contributed by atoms with Crippen LogP contribution in [0.5, 0.6) is 0 Å². The monoisotopic (exact) mass is 287 g/mol. The number of carbonyl (C=O) groups is 1. The highest BCUT2D eigenvalue weighted by Crippen LogP contribution is 2.26. The minimum Gasteiger partial charge on any atom is -0.292 e. The van der Waals surface area contributed by atoms with E-state index in [2.05, 4.69) is 0 Å². The number of carbonyl (C=O) groups excluding carboxylic acids is 1. The summed E-state index contributed by atoms with van der Waals surface area (Å²) in [4.78, 5) is 12.4. The summed E-state index contributed by atoms with van der Waals surface area (Å²) < 4.78 is 12.9. The number of halogens is 2. The molecule has 0 aliphatic rings. The molecule has 20 heavy (non-hydrogen) atoms. The zero-order chi connectivity index (χ0) is 14.7. The molecule has 2 aromatic carbocycles. The molecule has 0 aliphatic heterocycles. The topological polar surface area (TPSA) is 40.9 Å². The molecule has 0 saturated carbocycles. The predicted octanol–water partition coefficient (Wildman–Crippen LogP) is 4.28. The third kappa shape index (κ3) is 2.87. The Morgan fingerprint density at radius 3 is 2.45 bits per heavy atom. The third-order valence-corrected chi connectivity index (χ3v) is 3.30. The second kappa shape index (κ2) is 5.85. The van der Waals surface area contributed by atoms with E-state index in [1.165, 1.54) is 24.3 Å². The molecular weight excluding hydrogens is 277 g/mol. The number of benzene rings is 2. The van der Waals surface area contributed by atoms with Gasteiger partial charge in [0.05, 0.1) is 11.1 Å². The van der Waals surface area contributed by atoms with Gasteiger partial charge in [0, 0.05) is 5.56 Å². The highest BCUT2D eigenvalue weighted by molar-refractivity contribution is 6.34. The molecule has 1 atom stereocenters. The van der Waals surface area contributed by atoms with Crippen LogP contribution in [0.2, 0.25) is 5.02 Å². The molecule has 0 N–H and O–H groups in total. The molecule has 0 aromatic heterocycles. The van der Waals surface area contributed by atoms with E-state index in [4.69, 9.17) is 11.6 Å². The van der Waals surface area contributed by atoms with Crippen molar-refractivity contribution >= 4 is 17.4 Å². The average molecular weight is 288 g/mol. The van der Waals surface area contributed by atoms with Gasteiger partial charge in [-0.15, -0.1) is 0 Å². The average Bonchev–Trinajstić information content (AvgIpc) is 2.41. The van der Waals surface area contributed by atoms with Crippen molar-refractivity contribution in [2.45, 2.75) is 12.8 Å². The van der Waals surface area contributed by atoms with Crippen LogP contribution in [0, 0.1) is 24.1 Å². The number of aryl methyl sites for hydroxylation is 1. The van der Waals surface area contributed by atoms with E-state index < -0.39 is 11.7 Å². The smallest absolute Gasteiger partial charge is 0.185 e. The fraction of sp³-hybridized carbons (Fsp3) is 0.125. The van der Waals surface area contributed by atoms with Crippen molar-refractivity contribution in [1.29, 1.82) is 5.26 Å². The zero-order valence-corrected chi connectivity index (χ0v) is 11.5. The Morgan fingerprint density at radius 1 is 1.25 bits per heavy atom. The van der Waals surface area contributed by atoms with Crippen LogP contribution in [-0.2, 0) is 0 Å². The zero-order valence-electron chi connectivity index (χ0n) is 10.7. The van der Waals surface area contributed by atoms with Crippen LogP contribution in [0.3, 0.4) is 0 Å². The number of hydrogen-bond acceptors (Lipinski definition) is 2. The van der Waals surface area contributed by atoms with E-state index in [1.54, 1.807) is 18.2 Å². The minimum atomic E-state index is -0.990. The number of ketones is 1. The lowest BCUT2D eigenvalue weighted by atomic mass is 9.91. The summed E-state index contributed by atoms with van der Waals surface area (Å²) in [7, 11) is 0. The molecule has 2 rings (SSSR count). The van der Waals surface area contributed by atoms with Crippen LogP contribution in [-0.4, -0.2) is 5.78 Å². The van der Waals surface area contributed by atoms with E-state index >= 15 is 0 Å². The van der Waals surface area contributed by atoms with Gasteiger partial charge in [-0.3, -0.25) is 4.79 Å². The minimum absolute atomic E-state index is 0.299. The molecule has 100 valence electrons. The van der Waals surface area contributed by atoms with Crippen LogP contribution in [0.15, 0.2) is 42.5 Å². The molecule has 1 unspecified atom stereocenters. The maximum Gasteiger partial charge on any atom is 0.185 e. The van der Waals surface area contributed by atoms with Crippen LogP contribution >= 0.6 is 11.6 Å². The summed E-state index contributed by atoms with van der Waals surface area (Å²) in [6.45, 7) is 1.86. The summed E-state index contributed by atoms with van der Waals surface area (Å²) >= 11 is 6.05. The molecule has 0 bridgehead atoms. The second-order valence-electron chi connectivity index (χ2n) is 4.46. The molecule has 0 radical (unpaired) electrons. The van der Waals surface area contributed by atoms with Gasteiger partial charge in [0.2, 0.25) is 0 Å². The first-order valence-electron chi connectivity index (χ1n) is 5.98. The summed E-state index contributed by atoms with van der Waals surface area (Å²) in [6.07, 6.45) is 0. The van der Waals surface area contributed by atoms with Crippen molar-refractivity contribution in [2.75, 3.05) is 0 Å². The van der Waals surface area contributed by atoms with Gasteiger partial charge >= 0.3 is 0 Å². The Hall–Kier alpha value is -2.18. The Bertz CT molecular complexity index is 689. The van der Waals surface area contributed by atoms with Gasteiger partial charge in [-0.25, -0.2) is 4.39 Å². The van der Waals surface area contributed by atoms with E-state index in [0.29, 0.717) is 16.1 Å². The number of nitriles is 1. The Kier molecular flexibility index (Phi) is 4.16. The summed E-state index contributed by atoms with van der Waals surface area (Å²) in [5, 5.41) is 9.54. The van der Waals surface area contributed by atoms with E-state index in [-0.39, 0.29) is 5.78 Å². The van der Waals surface area contributed by atoms with Gasteiger partial charge in [0.1, 0.15) is 11.7 Å². The van der Waals surface area contributed by atoms with Gasteiger partial charge in [-0.2, -0.15) is 5.26 Å². The van der Waals surface area contributed by atoms with Gasteiger partial charge in [-0.1, -0.05) is 29.8 Å². The fourth-order valence-corrected chi connectivity index (χ4v) is 2.24. The Morgan fingerprint density at radius 2 is 1.90 bits per heavy atom. The van der Waals surface area contributed by atoms with Crippen LogP contribution in [0.1, 0.15) is 27.4 Å². The molecule has 0 saturated heterocycles. The lowest BCUT2D eigenvalue weighted by molar-refractivity contribution is 0.0979. The Balaban J connectivity index is 2.39. The largest absolute Gasteiger partial charge is 0.292 e. The molecule has 4 heteroatoms. The number of nitrogens with zero attached hydrogens (tertiary/aromatic N) is 1. The standard InChI is InChI=1S/C16H11ClFNO/c1-10-2-7-13(15(17)8-10)16(20)14(9-19)11-3-5-12(18)6-4-11/h2-8,14H,1H3. The number of Topliss-reactive ketones (excluding diaryl/α,β-unsaturated/α-hetero) is 1. The van der Waals surface area contributed by atoms with Crippen LogP contribution in [0.25, 0.3) is 0 Å². The number of rotatable bonds is 3. The van der Waals surface area contributed by atoms with Gasteiger partial charge < -0.3 is 0 Å². The summed E-state index contributed by atoms with van der Waals surface area (Å²) in [6, 6.07) is 12.3. The Labute approximate surface area is 121 Å². The molecule has 0 aliphatic carbocycles. The van der Waals surface area contributed by atoms with Crippen molar-refractivity contribution in [2.24, 2.45) is 0 Å². The molecule has 0 amide bonds. The van der Waals surface area contributed by atoms with Crippen molar-refractivity contribution < 1.29 is 9.18 Å². The normalized spacial score (nSPS) is 11.7. The van der Waals surface area contributed by atoms with Gasteiger partial charge in [-0.05, 0) is 42.3 Å². The second-order valence-corrected chi connectivity index (χ2v) is 4.87. The van der Waals surface area contributed by atoms with E-state index in [0.717, 1.165) is 5.56 Å². The first-order valence-corrected chi connectivity index (χ1v) is 6.36. The number of hydrogen-bond donors (Lipinski definition) is 0. The first-order chi connectivity index (χ1) is 9.52. The molecule has 0 fully saturated rings. The van der Waals surface area contributed by atoms with Crippen molar-refractivity contribution in [3.8, 4) is 6.07 Å². The van der Waals surface area contributed by atoms with Crippen molar-refractivity contribution in [3.05, 3.63) is 70.0 Å². The maximum atomic E-state index is 12.9. The van der Waals surface area contributed by atoms with Crippen LogP contribution in [0.4, 0.5) is 4.39 Å². The van der Waals surface area contributed by atoms with Crippen molar-refractivity contribution in [3.63, 3.8) is 0 Å². The molecule has 0 spiro atoms. The molecule has 2 aromatic rings. The summed E-state index contributed by atoms with van der Waals surface area (Å²) in [5.41, 5.74) is 1.69. The first kappa shape index (κ1) is 14.2.